The van der Waals surface area contributed by atoms with Crippen LogP contribution in [-0.4, -0.2) is 29.2 Å². The minimum Gasteiger partial charge on any atom is -0.497 e. The lowest BCUT2D eigenvalue weighted by atomic mass is 10.2. The van der Waals surface area contributed by atoms with Gasteiger partial charge in [-0.05, 0) is 36.4 Å². The first-order valence-electron chi connectivity index (χ1n) is 7.44. The van der Waals surface area contributed by atoms with Gasteiger partial charge in [-0.15, -0.1) is 5.10 Å². The van der Waals surface area contributed by atoms with E-state index in [4.69, 9.17) is 4.74 Å². The summed E-state index contributed by atoms with van der Waals surface area (Å²) in [6.45, 7) is 1.24. The van der Waals surface area contributed by atoms with Crippen LogP contribution in [0.1, 0.15) is 5.56 Å². The van der Waals surface area contributed by atoms with Gasteiger partial charge >= 0.3 is 0 Å². The van der Waals surface area contributed by atoms with E-state index < -0.39 is 0 Å². The van der Waals surface area contributed by atoms with Crippen molar-refractivity contribution in [2.75, 3.05) is 14.2 Å². The van der Waals surface area contributed by atoms with Crippen molar-refractivity contribution in [3.63, 3.8) is 0 Å². The van der Waals surface area contributed by atoms with Gasteiger partial charge in [0, 0.05) is 5.56 Å². The van der Waals surface area contributed by atoms with Gasteiger partial charge < -0.3 is 9.64 Å². The quantitative estimate of drug-likeness (QED) is 0.744. The summed E-state index contributed by atoms with van der Waals surface area (Å²) in [6, 6.07) is 15.2. The molecule has 1 aromatic heterocycles. The lowest BCUT2D eigenvalue weighted by molar-refractivity contribution is -0.917. The van der Waals surface area contributed by atoms with Gasteiger partial charge in [0.2, 0.25) is 0 Å². The van der Waals surface area contributed by atoms with E-state index in [1.54, 1.807) is 19.2 Å². The third-order valence-corrected chi connectivity index (χ3v) is 3.71. The van der Waals surface area contributed by atoms with Crippen LogP contribution in [0.2, 0.25) is 0 Å². The topological polar surface area (TPSA) is 61.5 Å². The molecule has 0 amide bonds. The van der Waals surface area contributed by atoms with Gasteiger partial charge in [-0.1, -0.05) is 17.3 Å². The fraction of sp³-hybridized carbons (Fsp3) is 0.235. The summed E-state index contributed by atoms with van der Waals surface area (Å²) in [5.74, 6) is 0.836. The van der Waals surface area contributed by atoms with Gasteiger partial charge in [0.1, 0.15) is 17.8 Å². The number of rotatable bonds is 5. The fourth-order valence-corrected chi connectivity index (χ4v) is 2.53. The highest BCUT2D eigenvalue weighted by molar-refractivity contribution is 5.76. The number of nitrogens with one attached hydrogen (secondary N) is 1. The Hall–Kier alpha value is -2.73. The molecule has 0 aliphatic rings. The summed E-state index contributed by atoms with van der Waals surface area (Å²) in [5.41, 5.74) is 1.69. The second-order valence-electron chi connectivity index (χ2n) is 5.55. The number of benzene rings is 2. The van der Waals surface area contributed by atoms with E-state index in [9.17, 15) is 4.79 Å². The normalized spacial score (nSPS) is 12.3. The summed E-state index contributed by atoms with van der Waals surface area (Å²) < 4.78 is 6.57. The van der Waals surface area contributed by atoms with E-state index >= 15 is 0 Å². The molecule has 0 saturated carbocycles. The van der Waals surface area contributed by atoms with Crippen LogP contribution in [0.25, 0.3) is 10.9 Å². The highest BCUT2D eigenvalue weighted by Gasteiger charge is 2.10. The summed E-state index contributed by atoms with van der Waals surface area (Å²) in [5, 5.41) is 8.73. The molecule has 23 heavy (non-hydrogen) atoms. The number of quaternary nitrogens is 1. The summed E-state index contributed by atoms with van der Waals surface area (Å²) in [4.78, 5) is 13.6. The number of methoxy groups -OCH3 is 1. The lowest BCUT2D eigenvalue weighted by Gasteiger charge is -2.14. The molecule has 1 heterocycles. The molecule has 0 spiro atoms. The van der Waals surface area contributed by atoms with Crippen molar-refractivity contribution in [2.24, 2.45) is 0 Å². The third kappa shape index (κ3) is 3.37. The van der Waals surface area contributed by atoms with E-state index in [2.05, 4.69) is 10.3 Å². The van der Waals surface area contributed by atoms with Crippen molar-refractivity contribution in [3.8, 4) is 5.75 Å². The van der Waals surface area contributed by atoms with Gasteiger partial charge in [-0.3, -0.25) is 4.79 Å². The van der Waals surface area contributed by atoms with E-state index in [0.29, 0.717) is 17.6 Å². The molecule has 6 heteroatoms. The molecule has 0 aliphatic heterocycles. The number of ether oxygens (including phenoxy) is 1. The Morgan fingerprint density at radius 2 is 1.87 bits per heavy atom. The minimum absolute atomic E-state index is 0.107. The van der Waals surface area contributed by atoms with Crippen LogP contribution in [0.15, 0.2) is 53.3 Å². The minimum atomic E-state index is -0.107. The Balaban J connectivity index is 1.75. The van der Waals surface area contributed by atoms with Gasteiger partial charge in [0.15, 0.2) is 6.67 Å². The number of nitrogens with zero attached hydrogens (tertiary/aromatic N) is 3. The van der Waals surface area contributed by atoms with Crippen LogP contribution < -0.4 is 15.2 Å². The molecule has 1 unspecified atom stereocenters. The summed E-state index contributed by atoms with van der Waals surface area (Å²) in [7, 11) is 3.67. The average molecular weight is 311 g/mol. The summed E-state index contributed by atoms with van der Waals surface area (Å²) >= 11 is 0. The molecule has 0 fully saturated rings. The van der Waals surface area contributed by atoms with Crippen molar-refractivity contribution in [1.29, 1.82) is 0 Å². The van der Waals surface area contributed by atoms with Crippen LogP contribution in [0.3, 0.4) is 0 Å². The molecule has 3 rings (SSSR count). The highest BCUT2D eigenvalue weighted by Crippen LogP contribution is 2.10. The monoisotopic (exact) mass is 311 g/mol. The Labute approximate surface area is 133 Å². The second-order valence-corrected chi connectivity index (χ2v) is 5.55. The smallest absolute Gasteiger partial charge is 0.282 e. The molecule has 3 aromatic rings. The maximum absolute atomic E-state index is 12.4. The Bertz CT molecular complexity index is 858. The van der Waals surface area contributed by atoms with Crippen LogP contribution in [0.4, 0.5) is 0 Å². The van der Waals surface area contributed by atoms with Crippen molar-refractivity contribution in [2.45, 2.75) is 13.2 Å². The molecule has 0 aliphatic carbocycles. The molecule has 0 saturated heterocycles. The van der Waals surface area contributed by atoms with Crippen molar-refractivity contribution in [1.82, 2.24) is 15.0 Å². The van der Waals surface area contributed by atoms with Crippen LogP contribution in [0.5, 0.6) is 5.75 Å². The van der Waals surface area contributed by atoms with Gasteiger partial charge in [-0.2, -0.15) is 4.68 Å². The Kier molecular flexibility index (Phi) is 4.34. The molecule has 2 aromatic carbocycles. The number of hydrogen-bond donors (Lipinski definition) is 1. The Morgan fingerprint density at radius 1 is 1.13 bits per heavy atom. The first-order valence-corrected chi connectivity index (χ1v) is 7.44. The number of aromatic nitrogens is 3. The predicted octanol–water partition coefficient (Wildman–Crippen LogP) is 0.472. The zero-order chi connectivity index (χ0) is 16.2. The molecular formula is C17H19N4O2+. The summed E-state index contributed by atoms with van der Waals surface area (Å²) in [6.07, 6.45) is 0. The Morgan fingerprint density at radius 3 is 2.61 bits per heavy atom. The lowest BCUT2D eigenvalue weighted by Crippen LogP contribution is -3.07. The molecule has 0 radical (unpaired) electrons. The zero-order valence-electron chi connectivity index (χ0n) is 13.2. The molecule has 118 valence electrons. The third-order valence-electron chi connectivity index (χ3n) is 3.71. The molecule has 0 bridgehead atoms. The fourth-order valence-electron chi connectivity index (χ4n) is 2.53. The zero-order valence-corrected chi connectivity index (χ0v) is 13.2. The molecule has 1 atom stereocenters. The average Bonchev–Trinajstić information content (AvgIpc) is 2.58. The highest BCUT2D eigenvalue weighted by atomic mass is 16.5. The molecule has 6 nitrogen and oxygen atoms in total. The van der Waals surface area contributed by atoms with Gasteiger partial charge in [0.25, 0.3) is 5.56 Å². The SMILES string of the molecule is COc1ccc(C[NH+](C)Cn2nnc3ccccc3c2=O)cc1. The maximum atomic E-state index is 12.4. The van der Waals surface area contributed by atoms with E-state index in [1.807, 2.05) is 43.4 Å². The van der Waals surface area contributed by atoms with Gasteiger partial charge in [0.05, 0.1) is 19.5 Å². The standard InChI is InChI=1S/C17H18N4O2/c1-20(11-13-7-9-14(23-2)10-8-13)12-21-17(22)15-5-3-4-6-16(15)18-19-21/h3-10H,11-12H2,1-2H3/p+1. The first kappa shape index (κ1) is 15.2. The number of hydrogen-bond acceptors (Lipinski definition) is 4. The maximum Gasteiger partial charge on any atom is 0.282 e. The van der Waals surface area contributed by atoms with Crippen molar-refractivity contribution >= 4 is 10.9 Å². The van der Waals surface area contributed by atoms with Crippen molar-refractivity contribution < 1.29 is 9.64 Å². The van der Waals surface area contributed by atoms with Gasteiger partial charge in [-0.25, -0.2) is 0 Å². The second kappa shape index (κ2) is 6.58. The largest absolute Gasteiger partial charge is 0.497 e. The predicted molar refractivity (Wildman–Crippen MR) is 87.4 cm³/mol. The van der Waals surface area contributed by atoms with Crippen molar-refractivity contribution in [3.05, 3.63) is 64.4 Å². The van der Waals surface area contributed by atoms with Crippen LogP contribution in [-0.2, 0) is 13.2 Å². The number of fused-ring (bicyclic) bond motifs is 1. The van der Waals surface area contributed by atoms with Crippen LogP contribution in [0, 0.1) is 0 Å². The van der Waals surface area contributed by atoms with E-state index in [0.717, 1.165) is 17.2 Å². The van der Waals surface area contributed by atoms with Crippen LogP contribution >= 0.6 is 0 Å². The van der Waals surface area contributed by atoms with E-state index in [-0.39, 0.29) is 5.56 Å². The molecule has 1 N–H and O–H groups in total. The first-order chi connectivity index (χ1) is 11.2. The molecular weight excluding hydrogens is 292 g/mol. The van der Waals surface area contributed by atoms with E-state index in [1.165, 1.54) is 10.2 Å².